The number of hydrogen-bond donors (Lipinski definition) is 3. The highest BCUT2D eigenvalue weighted by molar-refractivity contribution is 5.87. The Morgan fingerprint density at radius 2 is 1.73 bits per heavy atom. The molecule has 3 N–H and O–H groups in total. The summed E-state index contributed by atoms with van der Waals surface area (Å²) in [4.78, 5) is 59.2. The molecule has 0 spiro atoms. The summed E-state index contributed by atoms with van der Waals surface area (Å²) in [6.07, 6.45) is 1.38. The number of carbonyl (C=O) groups is 5. The van der Waals surface area contributed by atoms with Crippen molar-refractivity contribution in [2.75, 3.05) is 33.3 Å². The Hall–Kier alpha value is -2.65. The van der Waals surface area contributed by atoms with Crippen molar-refractivity contribution in [1.82, 2.24) is 20.9 Å². The Morgan fingerprint density at radius 3 is 2.38 bits per heavy atom. The number of amides is 4. The van der Waals surface area contributed by atoms with E-state index in [0.29, 0.717) is 19.4 Å². The van der Waals surface area contributed by atoms with Crippen molar-refractivity contribution in [2.24, 2.45) is 0 Å². The Morgan fingerprint density at radius 1 is 1.04 bits per heavy atom. The van der Waals surface area contributed by atoms with Crippen LogP contribution in [0, 0.1) is 0 Å². The van der Waals surface area contributed by atoms with Crippen molar-refractivity contribution in [3.8, 4) is 0 Å². The van der Waals surface area contributed by atoms with Crippen molar-refractivity contribution in [3.05, 3.63) is 0 Å². The molecule has 1 saturated heterocycles. The maximum atomic E-state index is 12.2. The van der Waals surface area contributed by atoms with Crippen molar-refractivity contribution < 1.29 is 28.7 Å². The zero-order valence-electron chi connectivity index (χ0n) is 15.1. The number of nitrogens with zero attached hydrogens (tertiary/aromatic N) is 1. The standard InChI is InChI=1S/C16H26N4O6/c1-11(21)18-8-6-15(24)20-9-3-4-12(20)16(25)26-10-14(23)19-7-5-13(22)17-2/h12H,3-10H2,1-2H3,(H,17,22)(H,18,21)(H,19,23)/t12-/m0/s1. The van der Waals surface area contributed by atoms with Crippen molar-refractivity contribution in [2.45, 2.75) is 38.6 Å². The molecule has 0 saturated carbocycles. The first-order valence-corrected chi connectivity index (χ1v) is 8.53. The van der Waals surface area contributed by atoms with E-state index in [-0.39, 0.29) is 43.7 Å². The fourth-order valence-electron chi connectivity index (χ4n) is 2.52. The summed E-state index contributed by atoms with van der Waals surface area (Å²) >= 11 is 0. The van der Waals surface area contributed by atoms with E-state index in [9.17, 15) is 24.0 Å². The number of rotatable bonds is 9. The van der Waals surface area contributed by atoms with Gasteiger partial charge < -0.3 is 25.6 Å². The van der Waals surface area contributed by atoms with Crippen LogP contribution in [0.3, 0.4) is 0 Å². The first kappa shape index (κ1) is 21.4. The summed E-state index contributed by atoms with van der Waals surface area (Å²) in [6, 6.07) is -0.710. The molecule has 1 fully saturated rings. The van der Waals surface area contributed by atoms with E-state index in [0.717, 1.165) is 0 Å². The van der Waals surface area contributed by atoms with Crippen LogP contribution in [0.4, 0.5) is 0 Å². The largest absolute Gasteiger partial charge is 0.454 e. The van der Waals surface area contributed by atoms with Crippen LogP contribution in [0.15, 0.2) is 0 Å². The highest BCUT2D eigenvalue weighted by atomic mass is 16.5. The van der Waals surface area contributed by atoms with Gasteiger partial charge in [-0.25, -0.2) is 4.79 Å². The van der Waals surface area contributed by atoms with Crippen molar-refractivity contribution in [3.63, 3.8) is 0 Å². The number of nitrogens with one attached hydrogen (secondary N) is 3. The van der Waals surface area contributed by atoms with Gasteiger partial charge in [-0.1, -0.05) is 0 Å². The molecule has 0 aromatic carbocycles. The van der Waals surface area contributed by atoms with Crippen LogP contribution in [0.1, 0.15) is 32.6 Å². The second-order valence-corrected chi connectivity index (χ2v) is 5.86. The van der Waals surface area contributed by atoms with Gasteiger partial charge >= 0.3 is 5.97 Å². The smallest absolute Gasteiger partial charge is 0.329 e. The monoisotopic (exact) mass is 370 g/mol. The van der Waals surface area contributed by atoms with E-state index in [1.807, 2.05) is 0 Å². The number of hydrogen-bond acceptors (Lipinski definition) is 6. The van der Waals surface area contributed by atoms with Crippen molar-refractivity contribution in [1.29, 1.82) is 0 Å². The van der Waals surface area contributed by atoms with Gasteiger partial charge in [0.1, 0.15) is 6.04 Å². The van der Waals surface area contributed by atoms with Gasteiger partial charge in [-0.15, -0.1) is 0 Å². The second-order valence-electron chi connectivity index (χ2n) is 5.86. The number of carbonyl (C=O) groups excluding carboxylic acids is 5. The van der Waals surface area contributed by atoms with E-state index >= 15 is 0 Å². The van der Waals surface area contributed by atoms with Crippen LogP contribution >= 0.6 is 0 Å². The van der Waals surface area contributed by atoms with Gasteiger partial charge in [0.25, 0.3) is 5.91 Å². The minimum absolute atomic E-state index is 0.101. The minimum Gasteiger partial charge on any atom is -0.454 e. The number of ether oxygens (including phenoxy) is 1. The molecule has 26 heavy (non-hydrogen) atoms. The third-order valence-electron chi connectivity index (χ3n) is 3.86. The predicted molar refractivity (Wildman–Crippen MR) is 90.7 cm³/mol. The molecule has 0 aromatic rings. The lowest BCUT2D eigenvalue weighted by molar-refractivity contribution is -0.156. The highest BCUT2D eigenvalue weighted by Crippen LogP contribution is 2.19. The average molecular weight is 370 g/mol. The van der Waals surface area contributed by atoms with Crippen molar-refractivity contribution >= 4 is 29.6 Å². The third-order valence-corrected chi connectivity index (χ3v) is 3.86. The molecule has 1 aliphatic heterocycles. The molecule has 4 amide bonds. The molecule has 0 radical (unpaired) electrons. The van der Waals surface area contributed by atoms with Gasteiger partial charge in [0, 0.05) is 46.4 Å². The first-order chi connectivity index (χ1) is 12.3. The Kier molecular flexibility index (Phi) is 9.10. The van der Waals surface area contributed by atoms with E-state index in [1.54, 1.807) is 0 Å². The molecule has 10 nitrogen and oxygen atoms in total. The van der Waals surface area contributed by atoms with Crippen LogP contribution < -0.4 is 16.0 Å². The van der Waals surface area contributed by atoms with Crippen LogP contribution in [0.25, 0.3) is 0 Å². The fraction of sp³-hybridized carbons (Fsp3) is 0.688. The fourth-order valence-corrected chi connectivity index (χ4v) is 2.52. The zero-order valence-corrected chi connectivity index (χ0v) is 15.1. The van der Waals surface area contributed by atoms with E-state index in [2.05, 4.69) is 16.0 Å². The van der Waals surface area contributed by atoms with Gasteiger partial charge in [-0.2, -0.15) is 0 Å². The van der Waals surface area contributed by atoms with Gasteiger partial charge in [0.05, 0.1) is 0 Å². The summed E-state index contributed by atoms with van der Waals surface area (Å²) in [6.45, 7) is 1.70. The second kappa shape index (κ2) is 11.1. The maximum Gasteiger partial charge on any atom is 0.329 e. The number of likely N-dealkylation sites (tertiary alicyclic amines) is 1. The molecule has 1 aliphatic rings. The highest BCUT2D eigenvalue weighted by Gasteiger charge is 2.35. The van der Waals surface area contributed by atoms with Crippen LogP contribution in [0.2, 0.25) is 0 Å². The maximum absolute atomic E-state index is 12.2. The Bertz CT molecular complexity index is 551. The lowest BCUT2D eigenvalue weighted by Gasteiger charge is -2.23. The molecule has 1 rings (SSSR count). The molecule has 0 aromatic heterocycles. The van der Waals surface area contributed by atoms with Crippen LogP contribution in [-0.2, 0) is 28.7 Å². The first-order valence-electron chi connectivity index (χ1n) is 8.53. The topological polar surface area (TPSA) is 134 Å². The van der Waals surface area contributed by atoms with Crippen LogP contribution in [-0.4, -0.2) is 73.8 Å². The van der Waals surface area contributed by atoms with Gasteiger partial charge in [0.15, 0.2) is 6.61 Å². The molecule has 10 heteroatoms. The van der Waals surface area contributed by atoms with E-state index in [4.69, 9.17) is 4.74 Å². The lowest BCUT2D eigenvalue weighted by atomic mass is 10.2. The minimum atomic E-state index is -0.710. The Labute approximate surface area is 152 Å². The summed E-state index contributed by atoms with van der Waals surface area (Å²) in [5.74, 6) is -1.81. The SMILES string of the molecule is CNC(=O)CCNC(=O)COC(=O)[C@@H]1CCCN1C(=O)CCNC(C)=O. The summed E-state index contributed by atoms with van der Waals surface area (Å²) < 4.78 is 4.98. The summed E-state index contributed by atoms with van der Waals surface area (Å²) in [5.41, 5.74) is 0. The van der Waals surface area contributed by atoms with Gasteiger partial charge in [-0.05, 0) is 12.8 Å². The summed E-state index contributed by atoms with van der Waals surface area (Å²) in [7, 11) is 1.50. The molecular formula is C16H26N4O6. The zero-order chi connectivity index (χ0) is 19.5. The molecule has 0 aliphatic carbocycles. The van der Waals surface area contributed by atoms with Crippen LogP contribution in [0.5, 0.6) is 0 Å². The Balaban J connectivity index is 2.35. The summed E-state index contributed by atoms with van der Waals surface area (Å²) in [5, 5.41) is 7.43. The number of esters is 1. The normalized spacial score (nSPS) is 15.9. The van der Waals surface area contributed by atoms with Gasteiger partial charge in [-0.3, -0.25) is 19.2 Å². The average Bonchev–Trinajstić information content (AvgIpc) is 3.09. The third kappa shape index (κ3) is 7.49. The van der Waals surface area contributed by atoms with E-state index in [1.165, 1.54) is 18.9 Å². The van der Waals surface area contributed by atoms with E-state index < -0.39 is 24.5 Å². The molecular weight excluding hydrogens is 344 g/mol. The molecule has 146 valence electrons. The quantitative estimate of drug-likeness (QED) is 0.414. The predicted octanol–water partition coefficient (Wildman–Crippen LogP) is -1.70. The molecule has 0 unspecified atom stereocenters. The lowest BCUT2D eigenvalue weighted by Crippen LogP contribution is -2.43. The van der Waals surface area contributed by atoms with Gasteiger partial charge in [0.2, 0.25) is 17.7 Å². The molecule has 1 atom stereocenters. The molecule has 1 heterocycles. The molecule has 0 bridgehead atoms.